The third-order valence-corrected chi connectivity index (χ3v) is 11.7. The number of hydrogen-bond donors (Lipinski definition) is 13. The number of aliphatic carboxylic acids is 2. The standard InChI is InChI=1S/C43H65N11O12S/c1-4-23(2)34(40(62)48-28(43(65)66)13-8-9-15-44)52-38(60)31(21-67)51-39(61)32-14-10-16-54(32)42(64)30(17-25-11-6-5-7-12-25)50-37(59)29(18-26-20-46-22-47-26)49-41(63)35(24(3)55)53-36(58)27(45)19-33(56)57/h5-7,11-12,20,22-24,27-32,34-35,55,67H,4,8-10,13-19,21,44-45H2,1-3H3,(H,46,47)(H,48,62)(H,49,63)(H,50,59)(H,51,61)(H,52,60)(H,53,58)(H,56,57)(H,65,66)/t23-,24+,27-,28-,29-,30-,31-,32-,34-,35-/m0/s1. The number of amides is 7. The van der Waals surface area contributed by atoms with Crippen LogP contribution in [0.5, 0.6) is 0 Å². The third-order valence-electron chi connectivity index (χ3n) is 11.3. The summed E-state index contributed by atoms with van der Waals surface area (Å²) >= 11 is 4.28. The molecule has 1 fully saturated rings. The zero-order valence-electron chi connectivity index (χ0n) is 37.8. The van der Waals surface area contributed by atoms with Crippen molar-refractivity contribution in [3.05, 3.63) is 54.1 Å². The van der Waals surface area contributed by atoms with Crippen LogP contribution in [0.2, 0.25) is 0 Å². The number of aliphatic hydroxyl groups is 1. The lowest BCUT2D eigenvalue weighted by Gasteiger charge is -2.31. The van der Waals surface area contributed by atoms with E-state index in [2.05, 4.69) is 54.5 Å². The number of aromatic amines is 1. The number of aromatic nitrogens is 2. The topological polar surface area (TPSA) is 370 Å². The lowest BCUT2D eigenvalue weighted by Crippen LogP contribution is -2.62. The first kappa shape index (κ1) is 55.2. The number of thiol groups is 1. The van der Waals surface area contributed by atoms with E-state index in [9.17, 15) is 53.4 Å². The number of nitrogens with zero attached hydrogens (tertiary/aromatic N) is 2. The molecule has 0 bridgehead atoms. The number of benzene rings is 1. The summed E-state index contributed by atoms with van der Waals surface area (Å²) in [5.41, 5.74) is 12.2. The van der Waals surface area contributed by atoms with Crippen molar-refractivity contribution in [2.45, 2.75) is 133 Å². The highest BCUT2D eigenvalue weighted by molar-refractivity contribution is 7.80. The van der Waals surface area contributed by atoms with Crippen LogP contribution in [0.3, 0.4) is 0 Å². The molecule has 10 atom stereocenters. The number of nitrogens with two attached hydrogens (primary N) is 2. The number of unbranched alkanes of at least 4 members (excludes halogenated alkanes) is 1. The summed E-state index contributed by atoms with van der Waals surface area (Å²) in [6, 6.07) is -2.15. The van der Waals surface area contributed by atoms with E-state index >= 15 is 0 Å². The molecule has 1 aromatic heterocycles. The number of likely N-dealkylation sites (tertiary alicyclic amines) is 1. The summed E-state index contributed by atoms with van der Waals surface area (Å²) in [5.74, 6) is -9.08. The summed E-state index contributed by atoms with van der Waals surface area (Å²) in [6.07, 6.45) is 2.29. The van der Waals surface area contributed by atoms with Crippen molar-refractivity contribution in [2.24, 2.45) is 17.4 Å². The zero-order valence-corrected chi connectivity index (χ0v) is 38.7. The lowest BCUT2D eigenvalue weighted by molar-refractivity contribution is -0.143. The van der Waals surface area contributed by atoms with E-state index in [-0.39, 0.29) is 38.0 Å². The molecule has 1 saturated heterocycles. The quantitative estimate of drug-likeness (QED) is 0.0309. The molecule has 0 spiro atoms. The molecule has 3 rings (SSSR count). The number of nitrogens with one attached hydrogen (secondary N) is 7. The Kier molecular flexibility index (Phi) is 22.7. The van der Waals surface area contributed by atoms with Gasteiger partial charge in [-0.05, 0) is 57.1 Å². The van der Waals surface area contributed by atoms with Gasteiger partial charge in [-0.1, -0.05) is 50.6 Å². The average molecular weight is 960 g/mol. The van der Waals surface area contributed by atoms with Gasteiger partial charge in [-0.2, -0.15) is 12.6 Å². The third kappa shape index (κ3) is 17.2. The van der Waals surface area contributed by atoms with Gasteiger partial charge in [-0.3, -0.25) is 38.4 Å². The maximum atomic E-state index is 14.6. The highest BCUT2D eigenvalue weighted by atomic mass is 32.1. The fourth-order valence-electron chi connectivity index (χ4n) is 7.29. The SMILES string of the molecule is CC[C@H](C)[C@H](NC(=O)[C@H](CS)NC(=O)[C@@H]1CCCN1C(=O)[C@H](Cc1ccccc1)NC(=O)[C@H](Cc1cnc[nH]1)NC(=O)[C@@H](NC(=O)[C@@H](N)CC(=O)O)[C@@H](C)O)C(=O)N[C@@H](CCCCN)C(=O)O. The van der Waals surface area contributed by atoms with Crippen LogP contribution >= 0.6 is 12.6 Å². The van der Waals surface area contributed by atoms with E-state index in [0.29, 0.717) is 43.5 Å². The molecule has 1 aliphatic rings. The number of H-pyrrole nitrogens is 1. The predicted octanol–water partition coefficient (Wildman–Crippen LogP) is -2.53. The number of carbonyl (C=O) groups is 9. The van der Waals surface area contributed by atoms with Crippen molar-refractivity contribution < 1.29 is 58.5 Å². The number of imidazole rings is 1. The molecule has 0 aliphatic carbocycles. The summed E-state index contributed by atoms with van der Waals surface area (Å²) in [7, 11) is 0. The fraction of sp³-hybridized carbons (Fsp3) is 0.581. The Balaban J connectivity index is 1.85. The Morgan fingerprint density at radius 2 is 1.45 bits per heavy atom. The van der Waals surface area contributed by atoms with Gasteiger partial charge in [0, 0.05) is 37.0 Å². The Morgan fingerprint density at radius 1 is 0.821 bits per heavy atom. The minimum absolute atomic E-state index is 0.0642. The van der Waals surface area contributed by atoms with Gasteiger partial charge in [0.05, 0.1) is 24.9 Å². The summed E-state index contributed by atoms with van der Waals surface area (Å²) in [6.45, 7) is 5.13. The predicted molar refractivity (Wildman–Crippen MR) is 245 cm³/mol. The van der Waals surface area contributed by atoms with Crippen LogP contribution in [0.25, 0.3) is 0 Å². The van der Waals surface area contributed by atoms with Gasteiger partial charge in [-0.15, -0.1) is 0 Å². The van der Waals surface area contributed by atoms with Crippen LogP contribution < -0.4 is 43.4 Å². The molecule has 23 nitrogen and oxygen atoms in total. The number of rotatable bonds is 28. The van der Waals surface area contributed by atoms with Gasteiger partial charge >= 0.3 is 11.9 Å². The minimum atomic E-state index is -1.68. The molecule has 0 saturated carbocycles. The molecule has 67 heavy (non-hydrogen) atoms. The Labute approximate surface area is 393 Å². The number of aliphatic hydroxyl groups excluding tert-OH is 1. The van der Waals surface area contributed by atoms with Crippen LogP contribution in [0, 0.1) is 5.92 Å². The normalized spacial score (nSPS) is 17.5. The van der Waals surface area contributed by atoms with E-state index in [0.717, 1.165) is 0 Å². The summed E-state index contributed by atoms with van der Waals surface area (Å²) in [4.78, 5) is 127. The van der Waals surface area contributed by atoms with Crippen LogP contribution in [-0.2, 0) is 56.0 Å². The minimum Gasteiger partial charge on any atom is -0.481 e. The first-order chi connectivity index (χ1) is 31.8. The molecule has 7 amide bonds. The average Bonchev–Trinajstić information content (AvgIpc) is 4.01. The number of carbonyl (C=O) groups excluding carboxylic acids is 7. The number of carboxylic acid groups (broad SMARTS) is 2. The highest BCUT2D eigenvalue weighted by Crippen LogP contribution is 2.21. The molecular weight excluding hydrogens is 895 g/mol. The largest absolute Gasteiger partial charge is 0.481 e. The summed E-state index contributed by atoms with van der Waals surface area (Å²) in [5, 5.41) is 44.5. The van der Waals surface area contributed by atoms with Crippen LogP contribution in [0.15, 0.2) is 42.9 Å². The van der Waals surface area contributed by atoms with Gasteiger partial charge in [0.2, 0.25) is 41.4 Å². The van der Waals surface area contributed by atoms with Gasteiger partial charge in [-0.25, -0.2) is 9.78 Å². The maximum Gasteiger partial charge on any atom is 0.326 e. The monoisotopic (exact) mass is 959 g/mol. The smallest absolute Gasteiger partial charge is 0.326 e. The summed E-state index contributed by atoms with van der Waals surface area (Å²) < 4.78 is 0. The van der Waals surface area contributed by atoms with Crippen molar-refractivity contribution in [1.29, 1.82) is 0 Å². The van der Waals surface area contributed by atoms with Crippen LogP contribution in [0.1, 0.15) is 77.0 Å². The lowest BCUT2D eigenvalue weighted by atomic mass is 9.97. The maximum absolute atomic E-state index is 14.6. The fourth-order valence-corrected chi connectivity index (χ4v) is 7.55. The Hall–Kier alpha value is -6.11. The molecule has 0 radical (unpaired) electrons. The van der Waals surface area contributed by atoms with Gasteiger partial charge in [0.15, 0.2) is 0 Å². The van der Waals surface area contributed by atoms with Crippen molar-refractivity contribution in [2.75, 3.05) is 18.8 Å². The van der Waals surface area contributed by atoms with Crippen LogP contribution in [-0.4, -0.2) is 157 Å². The first-order valence-electron chi connectivity index (χ1n) is 22.1. The molecule has 2 aromatic rings. The molecule has 14 N–H and O–H groups in total. The van der Waals surface area contributed by atoms with E-state index in [1.807, 2.05) is 0 Å². The molecule has 24 heteroatoms. The van der Waals surface area contributed by atoms with Crippen molar-refractivity contribution >= 4 is 65.9 Å². The molecule has 1 aliphatic heterocycles. The van der Waals surface area contributed by atoms with E-state index in [1.54, 1.807) is 44.2 Å². The van der Waals surface area contributed by atoms with Crippen molar-refractivity contribution in [3.63, 3.8) is 0 Å². The molecule has 0 unspecified atom stereocenters. The second-order valence-corrected chi connectivity index (χ2v) is 16.9. The first-order valence-corrected chi connectivity index (χ1v) is 22.8. The molecular formula is C43H65N11O12S. The van der Waals surface area contributed by atoms with Crippen LogP contribution in [0.4, 0.5) is 0 Å². The van der Waals surface area contributed by atoms with Crippen molar-refractivity contribution in [3.8, 4) is 0 Å². The Bertz CT molecular complexity index is 1990. The van der Waals surface area contributed by atoms with E-state index in [4.69, 9.17) is 16.6 Å². The van der Waals surface area contributed by atoms with E-state index < -0.39 is 120 Å². The number of hydrogen-bond acceptors (Lipinski definition) is 14. The van der Waals surface area contributed by atoms with E-state index in [1.165, 1.54) is 24.3 Å². The second-order valence-electron chi connectivity index (χ2n) is 16.5. The van der Waals surface area contributed by atoms with Gasteiger partial charge in [0.25, 0.3) is 0 Å². The second kappa shape index (κ2) is 27.5. The zero-order chi connectivity index (χ0) is 49.8. The van der Waals surface area contributed by atoms with Crippen molar-refractivity contribution in [1.82, 2.24) is 46.8 Å². The molecule has 2 heterocycles. The Morgan fingerprint density at radius 3 is 2.03 bits per heavy atom. The number of carboxylic acids is 2. The molecule has 1 aromatic carbocycles. The highest BCUT2D eigenvalue weighted by Gasteiger charge is 2.41. The molecule has 370 valence electrons. The van der Waals surface area contributed by atoms with Gasteiger partial charge in [0.1, 0.15) is 42.3 Å². The van der Waals surface area contributed by atoms with Gasteiger partial charge < -0.3 is 68.6 Å².